The lowest BCUT2D eigenvalue weighted by Gasteiger charge is -2.10. The van der Waals surface area contributed by atoms with E-state index in [1.807, 2.05) is 13.8 Å². The normalized spacial score (nSPS) is 10.3. The predicted molar refractivity (Wildman–Crippen MR) is 72.1 cm³/mol. The summed E-state index contributed by atoms with van der Waals surface area (Å²) in [7, 11) is 0. The van der Waals surface area contributed by atoms with Gasteiger partial charge in [0.25, 0.3) is 0 Å². The van der Waals surface area contributed by atoms with Crippen LogP contribution in [-0.4, -0.2) is 11.9 Å². The molecule has 0 atom stereocenters. The van der Waals surface area contributed by atoms with Crippen LogP contribution in [0, 0.1) is 5.92 Å². The van der Waals surface area contributed by atoms with Crippen LogP contribution in [0.4, 0.5) is 0 Å². The Labute approximate surface area is 113 Å². The lowest BCUT2D eigenvalue weighted by Crippen LogP contribution is -2.11. The number of esters is 2. The van der Waals surface area contributed by atoms with E-state index in [2.05, 4.69) is 0 Å². The summed E-state index contributed by atoms with van der Waals surface area (Å²) in [6.07, 6.45) is 1.40. The third-order valence-electron chi connectivity index (χ3n) is 2.51. The summed E-state index contributed by atoms with van der Waals surface area (Å²) in [6.45, 7) is 5.80. The molecule has 0 unspecified atom stereocenters. The molecule has 1 aromatic carbocycles. The largest absolute Gasteiger partial charge is 0.423 e. The maximum absolute atomic E-state index is 11.7. The molecule has 0 fully saturated rings. The topological polar surface area (TPSA) is 52.6 Å². The van der Waals surface area contributed by atoms with E-state index in [0.717, 1.165) is 6.42 Å². The van der Waals surface area contributed by atoms with E-state index >= 15 is 0 Å². The number of rotatable bonds is 6. The number of para-hydroxylation sites is 2. The average Bonchev–Trinajstić information content (AvgIpc) is 2.38. The Morgan fingerprint density at radius 1 is 1.05 bits per heavy atom. The molecule has 0 N–H and O–H groups in total. The summed E-state index contributed by atoms with van der Waals surface area (Å²) in [4.78, 5) is 22.9. The molecule has 0 saturated carbocycles. The molecule has 19 heavy (non-hydrogen) atoms. The zero-order chi connectivity index (χ0) is 14.3. The molecule has 0 aliphatic rings. The van der Waals surface area contributed by atoms with Gasteiger partial charge in [0, 0.05) is 12.8 Å². The zero-order valence-corrected chi connectivity index (χ0v) is 11.6. The van der Waals surface area contributed by atoms with Gasteiger partial charge in [0.15, 0.2) is 11.5 Å². The Hall–Kier alpha value is -1.84. The fraction of sp³-hybridized carbons (Fsp3) is 0.467. The number of carbonyl (C=O) groups excluding carboxylic acids is 2. The van der Waals surface area contributed by atoms with Gasteiger partial charge in [-0.2, -0.15) is 0 Å². The number of benzene rings is 1. The van der Waals surface area contributed by atoms with E-state index in [1.54, 1.807) is 31.2 Å². The molecule has 0 spiro atoms. The van der Waals surface area contributed by atoms with Crippen LogP contribution in [0.1, 0.15) is 40.0 Å². The van der Waals surface area contributed by atoms with Crippen LogP contribution in [0.3, 0.4) is 0 Å². The van der Waals surface area contributed by atoms with E-state index in [0.29, 0.717) is 12.3 Å². The molecule has 0 aromatic heterocycles. The van der Waals surface area contributed by atoms with Crippen molar-refractivity contribution in [2.45, 2.75) is 40.0 Å². The van der Waals surface area contributed by atoms with Crippen molar-refractivity contribution in [2.75, 3.05) is 0 Å². The van der Waals surface area contributed by atoms with Crippen molar-refractivity contribution in [1.29, 1.82) is 0 Å². The van der Waals surface area contributed by atoms with Crippen molar-refractivity contribution in [3.05, 3.63) is 24.3 Å². The van der Waals surface area contributed by atoms with E-state index in [1.165, 1.54) is 0 Å². The van der Waals surface area contributed by atoms with Gasteiger partial charge in [0.05, 0.1) is 0 Å². The SMILES string of the molecule is CCC(=O)Oc1ccccc1OC(=O)CCC(C)C. The Balaban J connectivity index is 2.67. The maximum atomic E-state index is 11.7. The second-order valence-corrected chi connectivity index (χ2v) is 4.68. The molecule has 0 aliphatic carbocycles. The summed E-state index contributed by atoms with van der Waals surface area (Å²) in [5.41, 5.74) is 0. The van der Waals surface area contributed by atoms with Crippen molar-refractivity contribution in [2.24, 2.45) is 5.92 Å². The maximum Gasteiger partial charge on any atom is 0.311 e. The molecular formula is C15H20O4. The van der Waals surface area contributed by atoms with Gasteiger partial charge in [0.2, 0.25) is 0 Å². The van der Waals surface area contributed by atoms with Crippen molar-refractivity contribution in [3.63, 3.8) is 0 Å². The smallest absolute Gasteiger partial charge is 0.311 e. The molecule has 1 aromatic rings. The van der Waals surface area contributed by atoms with Gasteiger partial charge in [-0.3, -0.25) is 9.59 Å². The highest BCUT2D eigenvalue weighted by Crippen LogP contribution is 2.27. The molecule has 0 amide bonds. The highest BCUT2D eigenvalue weighted by molar-refractivity contribution is 5.75. The fourth-order valence-corrected chi connectivity index (χ4v) is 1.39. The molecule has 0 saturated heterocycles. The van der Waals surface area contributed by atoms with Gasteiger partial charge in [-0.25, -0.2) is 0 Å². The van der Waals surface area contributed by atoms with Crippen LogP contribution in [0.2, 0.25) is 0 Å². The lowest BCUT2D eigenvalue weighted by molar-refractivity contribution is -0.137. The number of hydrogen-bond donors (Lipinski definition) is 0. The van der Waals surface area contributed by atoms with Crippen molar-refractivity contribution in [3.8, 4) is 11.5 Å². The fourth-order valence-electron chi connectivity index (χ4n) is 1.39. The van der Waals surface area contributed by atoms with Gasteiger partial charge < -0.3 is 9.47 Å². The second kappa shape index (κ2) is 7.56. The number of ether oxygens (including phenoxy) is 2. The lowest BCUT2D eigenvalue weighted by atomic mass is 10.1. The first-order valence-electron chi connectivity index (χ1n) is 6.53. The van der Waals surface area contributed by atoms with Crippen LogP contribution < -0.4 is 9.47 Å². The molecule has 0 bridgehead atoms. The van der Waals surface area contributed by atoms with Crippen molar-refractivity contribution in [1.82, 2.24) is 0 Å². The summed E-state index contributed by atoms with van der Waals surface area (Å²) in [6, 6.07) is 6.68. The molecular weight excluding hydrogens is 244 g/mol. The number of carbonyl (C=O) groups is 2. The molecule has 0 radical (unpaired) electrons. The van der Waals surface area contributed by atoms with Gasteiger partial charge in [-0.05, 0) is 24.5 Å². The Morgan fingerprint density at radius 3 is 2.05 bits per heavy atom. The third-order valence-corrected chi connectivity index (χ3v) is 2.51. The summed E-state index contributed by atoms with van der Waals surface area (Å²) < 4.78 is 10.3. The summed E-state index contributed by atoms with van der Waals surface area (Å²) in [5.74, 6) is 0.352. The quantitative estimate of drug-likeness (QED) is 0.584. The first-order valence-corrected chi connectivity index (χ1v) is 6.53. The van der Waals surface area contributed by atoms with E-state index in [-0.39, 0.29) is 29.9 Å². The van der Waals surface area contributed by atoms with Gasteiger partial charge in [-0.15, -0.1) is 0 Å². The summed E-state index contributed by atoms with van der Waals surface area (Å²) in [5, 5.41) is 0. The molecule has 104 valence electrons. The first kappa shape index (κ1) is 15.2. The standard InChI is InChI=1S/C15H20O4/c1-4-14(16)18-12-7-5-6-8-13(12)19-15(17)10-9-11(2)3/h5-8,11H,4,9-10H2,1-3H3. The summed E-state index contributed by atoms with van der Waals surface area (Å²) >= 11 is 0. The first-order chi connectivity index (χ1) is 9.02. The minimum absolute atomic E-state index is 0.273. The highest BCUT2D eigenvalue weighted by Gasteiger charge is 2.12. The highest BCUT2D eigenvalue weighted by atomic mass is 16.6. The van der Waals surface area contributed by atoms with Crippen molar-refractivity contribution >= 4 is 11.9 Å². The minimum atomic E-state index is -0.356. The zero-order valence-electron chi connectivity index (χ0n) is 11.6. The average molecular weight is 264 g/mol. The molecule has 1 rings (SSSR count). The second-order valence-electron chi connectivity index (χ2n) is 4.68. The van der Waals surface area contributed by atoms with Crippen LogP contribution in [-0.2, 0) is 9.59 Å². The Bertz CT molecular complexity index is 438. The van der Waals surface area contributed by atoms with Gasteiger partial charge in [0.1, 0.15) is 0 Å². The van der Waals surface area contributed by atoms with Crippen molar-refractivity contribution < 1.29 is 19.1 Å². The number of hydrogen-bond acceptors (Lipinski definition) is 4. The van der Waals surface area contributed by atoms with Crippen LogP contribution in [0.5, 0.6) is 11.5 Å². The van der Waals surface area contributed by atoms with Gasteiger partial charge >= 0.3 is 11.9 Å². The van der Waals surface area contributed by atoms with E-state index in [9.17, 15) is 9.59 Å². The molecule has 0 heterocycles. The predicted octanol–water partition coefficient (Wildman–Crippen LogP) is 3.34. The Kier molecular flexibility index (Phi) is 6.06. The Morgan fingerprint density at radius 2 is 1.58 bits per heavy atom. The van der Waals surface area contributed by atoms with E-state index < -0.39 is 0 Å². The van der Waals surface area contributed by atoms with Crippen LogP contribution >= 0.6 is 0 Å². The molecule has 0 aliphatic heterocycles. The molecule has 4 nitrogen and oxygen atoms in total. The van der Waals surface area contributed by atoms with E-state index in [4.69, 9.17) is 9.47 Å². The van der Waals surface area contributed by atoms with Crippen LogP contribution in [0.25, 0.3) is 0 Å². The monoisotopic (exact) mass is 264 g/mol. The van der Waals surface area contributed by atoms with Crippen LogP contribution in [0.15, 0.2) is 24.3 Å². The third kappa shape index (κ3) is 5.55. The van der Waals surface area contributed by atoms with Gasteiger partial charge in [-0.1, -0.05) is 32.9 Å². The molecule has 4 heteroatoms. The minimum Gasteiger partial charge on any atom is -0.423 e.